The summed E-state index contributed by atoms with van der Waals surface area (Å²) >= 11 is 0. The van der Waals surface area contributed by atoms with E-state index in [9.17, 15) is 4.79 Å². The summed E-state index contributed by atoms with van der Waals surface area (Å²) in [4.78, 5) is 12.1. The molecule has 1 aliphatic rings. The average Bonchev–Trinajstić information content (AvgIpc) is 2.79. The molecule has 3 aromatic carbocycles. The minimum atomic E-state index is -0.227. The Morgan fingerprint density at radius 1 is 1.07 bits per heavy atom. The molecule has 0 saturated heterocycles. The summed E-state index contributed by atoms with van der Waals surface area (Å²) in [5.41, 5.74) is 3.28. The molecule has 3 aromatic rings. The zero-order chi connectivity index (χ0) is 20.9. The van der Waals surface area contributed by atoms with Crippen LogP contribution < -0.4 is 5.32 Å². The van der Waals surface area contributed by atoms with Crippen molar-refractivity contribution in [2.24, 2.45) is 0 Å². The van der Waals surface area contributed by atoms with Gasteiger partial charge in [0.25, 0.3) is 0 Å². The van der Waals surface area contributed by atoms with E-state index in [1.807, 2.05) is 25.1 Å². The van der Waals surface area contributed by atoms with Crippen molar-refractivity contribution >= 4 is 16.7 Å². The van der Waals surface area contributed by atoms with Crippen LogP contribution in [0, 0.1) is 0 Å². The highest BCUT2D eigenvalue weighted by Gasteiger charge is 2.25. The van der Waals surface area contributed by atoms with Gasteiger partial charge in [-0.15, -0.1) is 0 Å². The molecule has 1 aliphatic carbocycles. The fourth-order valence-electron chi connectivity index (χ4n) is 4.85. The molecule has 0 aromatic heterocycles. The summed E-state index contributed by atoms with van der Waals surface area (Å²) < 4.78 is 5.18. The highest BCUT2D eigenvalue weighted by molar-refractivity contribution is 5.89. The molecule has 0 spiro atoms. The Balaban J connectivity index is 1.47. The third-order valence-electron chi connectivity index (χ3n) is 6.32. The lowest BCUT2D eigenvalue weighted by atomic mass is 9.80. The molecule has 156 valence electrons. The van der Waals surface area contributed by atoms with Gasteiger partial charge in [-0.1, -0.05) is 61.0 Å². The molecule has 3 nitrogen and oxygen atoms in total. The van der Waals surface area contributed by atoms with Gasteiger partial charge in [0.2, 0.25) is 0 Å². The van der Waals surface area contributed by atoms with Gasteiger partial charge in [-0.05, 0) is 73.1 Å². The smallest absolute Gasteiger partial charge is 0.338 e. The summed E-state index contributed by atoms with van der Waals surface area (Å²) in [6.07, 6.45) is 4.67. The number of ether oxygens (including phenoxy) is 1. The van der Waals surface area contributed by atoms with Gasteiger partial charge in [-0.25, -0.2) is 4.79 Å². The second kappa shape index (κ2) is 9.44. The molecule has 3 atom stereocenters. The zero-order valence-electron chi connectivity index (χ0n) is 17.9. The Morgan fingerprint density at radius 3 is 2.73 bits per heavy atom. The van der Waals surface area contributed by atoms with Crippen molar-refractivity contribution in [2.75, 3.05) is 6.61 Å². The van der Waals surface area contributed by atoms with Crippen molar-refractivity contribution in [3.8, 4) is 0 Å². The van der Waals surface area contributed by atoms with Gasteiger partial charge in [0.15, 0.2) is 0 Å². The first kappa shape index (κ1) is 20.6. The molecule has 3 unspecified atom stereocenters. The number of fused-ring (bicyclic) bond motifs is 1. The monoisotopic (exact) mass is 401 g/mol. The number of hydrogen-bond acceptors (Lipinski definition) is 3. The van der Waals surface area contributed by atoms with E-state index < -0.39 is 0 Å². The second-order valence-corrected chi connectivity index (χ2v) is 8.36. The van der Waals surface area contributed by atoms with Crippen LogP contribution in [-0.4, -0.2) is 18.6 Å². The van der Waals surface area contributed by atoms with Crippen LogP contribution in [0.25, 0.3) is 10.8 Å². The number of rotatable bonds is 6. The van der Waals surface area contributed by atoms with Gasteiger partial charge < -0.3 is 10.1 Å². The van der Waals surface area contributed by atoms with Gasteiger partial charge in [-0.2, -0.15) is 0 Å². The van der Waals surface area contributed by atoms with Crippen molar-refractivity contribution in [3.05, 3.63) is 83.4 Å². The lowest BCUT2D eigenvalue weighted by molar-refractivity contribution is 0.0526. The van der Waals surface area contributed by atoms with Gasteiger partial charge >= 0.3 is 5.97 Å². The molecule has 1 fully saturated rings. The molecular formula is C27H31NO2. The quantitative estimate of drug-likeness (QED) is 0.486. The number of carbonyl (C=O) groups is 1. The molecule has 0 aliphatic heterocycles. The van der Waals surface area contributed by atoms with E-state index >= 15 is 0 Å². The molecule has 30 heavy (non-hydrogen) atoms. The third-order valence-corrected chi connectivity index (χ3v) is 6.32. The lowest BCUT2D eigenvalue weighted by Gasteiger charge is -2.32. The molecule has 0 bridgehead atoms. The molecule has 1 saturated carbocycles. The molecular weight excluding hydrogens is 370 g/mol. The Hall–Kier alpha value is -2.65. The largest absolute Gasteiger partial charge is 0.462 e. The first-order valence-corrected chi connectivity index (χ1v) is 11.2. The van der Waals surface area contributed by atoms with Crippen LogP contribution in [0.1, 0.15) is 73.0 Å². The highest BCUT2D eigenvalue weighted by Crippen LogP contribution is 2.35. The number of esters is 1. The van der Waals surface area contributed by atoms with Crippen LogP contribution in [0.4, 0.5) is 0 Å². The number of hydrogen-bond donors (Lipinski definition) is 1. The van der Waals surface area contributed by atoms with Gasteiger partial charge in [-0.3, -0.25) is 0 Å². The number of carbonyl (C=O) groups excluding carboxylic acids is 1. The van der Waals surface area contributed by atoms with Gasteiger partial charge in [0.05, 0.1) is 12.2 Å². The van der Waals surface area contributed by atoms with Crippen molar-refractivity contribution in [3.63, 3.8) is 0 Å². The van der Waals surface area contributed by atoms with E-state index in [2.05, 4.69) is 60.8 Å². The number of nitrogens with one attached hydrogen (secondary N) is 1. The average molecular weight is 402 g/mol. The highest BCUT2D eigenvalue weighted by atomic mass is 16.5. The van der Waals surface area contributed by atoms with E-state index in [0.29, 0.717) is 30.2 Å². The van der Waals surface area contributed by atoms with E-state index in [1.54, 1.807) is 0 Å². The van der Waals surface area contributed by atoms with Crippen LogP contribution >= 0.6 is 0 Å². The summed E-state index contributed by atoms with van der Waals surface area (Å²) in [6, 6.07) is 24.0. The van der Waals surface area contributed by atoms with Crippen LogP contribution in [0.15, 0.2) is 66.7 Å². The van der Waals surface area contributed by atoms with Crippen LogP contribution in [-0.2, 0) is 4.74 Å². The third kappa shape index (κ3) is 4.57. The summed E-state index contributed by atoms with van der Waals surface area (Å²) in [7, 11) is 0. The maximum atomic E-state index is 12.1. The van der Waals surface area contributed by atoms with E-state index in [-0.39, 0.29) is 5.97 Å². The van der Waals surface area contributed by atoms with Crippen molar-refractivity contribution in [1.82, 2.24) is 5.32 Å². The summed E-state index contributed by atoms with van der Waals surface area (Å²) in [6.45, 7) is 4.52. The van der Waals surface area contributed by atoms with Crippen molar-refractivity contribution < 1.29 is 9.53 Å². The Kier molecular flexibility index (Phi) is 6.49. The first-order chi connectivity index (χ1) is 14.7. The second-order valence-electron chi connectivity index (χ2n) is 8.36. The van der Waals surface area contributed by atoms with E-state index in [0.717, 1.165) is 6.42 Å². The standard InChI is InChI=1S/C27H31NO2/c1-3-30-27(29)23-13-6-11-21(17-23)22-12-7-14-24(18-22)28-19(2)25-16-8-10-20-9-4-5-15-26(20)25/h4-6,8-11,13,15-17,19,22,24,28H,3,7,12,14,18H2,1-2H3. The summed E-state index contributed by atoms with van der Waals surface area (Å²) in [5.74, 6) is 0.250. The van der Waals surface area contributed by atoms with E-state index in [1.165, 1.54) is 41.2 Å². The first-order valence-electron chi connectivity index (χ1n) is 11.2. The normalized spacial score (nSPS) is 20.1. The SMILES string of the molecule is CCOC(=O)c1cccc(C2CCCC(NC(C)c3cccc4ccccc34)C2)c1. The minimum Gasteiger partial charge on any atom is -0.462 e. The van der Waals surface area contributed by atoms with Gasteiger partial charge in [0.1, 0.15) is 0 Å². The van der Waals surface area contributed by atoms with Crippen LogP contribution in [0.2, 0.25) is 0 Å². The maximum absolute atomic E-state index is 12.1. The van der Waals surface area contributed by atoms with Crippen LogP contribution in [0.5, 0.6) is 0 Å². The fraction of sp³-hybridized carbons (Fsp3) is 0.370. The minimum absolute atomic E-state index is 0.227. The Bertz CT molecular complexity index is 1010. The fourth-order valence-corrected chi connectivity index (χ4v) is 4.85. The van der Waals surface area contributed by atoms with Crippen molar-refractivity contribution in [1.29, 1.82) is 0 Å². The van der Waals surface area contributed by atoms with E-state index in [4.69, 9.17) is 4.74 Å². The molecule has 0 radical (unpaired) electrons. The van der Waals surface area contributed by atoms with Crippen molar-refractivity contribution in [2.45, 2.75) is 57.5 Å². The van der Waals surface area contributed by atoms with Gasteiger partial charge in [0, 0.05) is 12.1 Å². The summed E-state index contributed by atoms with van der Waals surface area (Å²) in [5, 5.41) is 6.51. The lowest BCUT2D eigenvalue weighted by Crippen LogP contribution is -2.35. The maximum Gasteiger partial charge on any atom is 0.338 e. The predicted molar refractivity (Wildman–Crippen MR) is 123 cm³/mol. The molecule has 0 amide bonds. The predicted octanol–water partition coefficient (Wildman–Crippen LogP) is 6.39. The topological polar surface area (TPSA) is 38.3 Å². The van der Waals surface area contributed by atoms with Crippen LogP contribution in [0.3, 0.4) is 0 Å². The zero-order valence-corrected chi connectivity index (χ0v) is 17.9. The Labute approximate surface area is 179 Å². The molecule has 3 heteroatoms. The molecule has 4 rings (SSSR count). The molecule has 1 N–H and O–H groups in total. The Morgan fingerprint density at radius 2 is 1.87 bits per heavy atom. The molecule has 0 heterocycles. The number of benzene rings is 3.